The van der Waals surface area contributed by atoms with Gasteiger partial charge in [-0.05, 0) is 43.2 Å². The zero-order chi connectivity index (χ0) is 20.5. The van der Waals surface area contributed by atoms with Crippen molar-refractivity contribution in [1.82, 2.24) is 15.5 Å². The van der Waals surface area contributed by atoms with Crippen molar-refractivity contribution in [2.24, 2.45) is 0 Å². The number of nitrogens with one attached hydrogen (secondary N) is 2. The molecule has 0 aliphatic carbocycles. The van der Waals surface area contributed by atoms with Gasteiger partial charge in [0.2, 0.25) is 11.8 Å². The van der Waals surface area contributed by atoms with Crippen LogP contribution in [0.1, 0.15) is 27.9 Å². The van der Waals surface area contributed by atoms with Gasteiger partial charge in [0.25, 0.3) is 5.91 Å². The normalized spacial score (nSPS) is 23.5. The van der Waals surface area contributed by atoms with Gasteiger partial charge in [-0.3, -0.25) is 14.4 Å². The van der Waals surface area contributed by atoms with Gasteiger partial charge in [-0.15, -0.1) is 0 Å². The molecule has 0 aromatic heterocycles. The number of rotatable bonds is 4. The van der Waals surface area contributed by atoms with Crippen molar-refractivity contribution in [2.75, 3.05) is 6.54 Å². The minimum Gasteiger partial charge on any atom is -0.508 e. The van der Waals surface area contributed by atoms with Crippen LogP contribution in [-0.4, -0.2) is 52.4 Å². The number of aryl methyl sites for hydroxylation is 1. The minimum absolute atomic E-state index is 0.144. The van der Waals surface area contributed by atoms with E-state index in [1.165, 1.54) is 0 Å². The Kier molecular flexibility index (Phi) is 4.96. The summed E-state index contributed by atoms with van der Waals surface area (Å²) in [6.07, 6.45) is 0.759. The quantitative estimate of drug-likeness (QED) is 0.726. The van der Waals surface area contributed by atoms with E-state index in [1.807, 2.05) is 19.1 Å². The molecular weight excluding hydrogens is 370 g/mol. The molecule has 7 nitrogen and oxygen atoms in total. The SMILES string of the molecule is Cc1ccc(C(=O)N[C@H]2C[C@H]3C(=O)N[C@H](Cc4ccc(O)cc4)C(=O)N3C2)cc1. The van der Waals surface area contributed by atoms with Crippen LogP contribution in [0.5, 0.6) is 5.75 Å². The van der Waals surface area contributed by atoms with Crippen LogP contribution in [0.15, 0.2) is 48.5 Å². The van der Waals surface area contributed by atoms with E-state index in [9.17, 15) is 19.5 Å². The standard InChI is InChI=1S/C22H23N3O4/c1-13-2-6-15(7-3-13)20(27)23-16-11-19-21(28)24-18(22(29)25(19)12-16)10-14-4-8-17(26)9-5-14/h2-9,16,18-19,26H,10-12H2,1H3,(H,23,27)(H,24,28)/t16-,18+,19-/m0/s1. The molecule has 29 heavy (non-hydrogen) atoms. The summed E-state index contributed by atoms with van der Waals surface area (Å²) in [5.74, 6) is -0.391. The molecule has 0 bridgehead atoms. The number of carbonyl (C=O) groups is 3. The molecule has 0 saturated carbocycles. The summed E-state index contributed by atoms with van der Waals surface area (Å²) in [6, 6.07) is 12.4. The minimum atomic E-state index is -0.644. The third-order valence-electron chi connectivity index (χ3n) is 5.53. The topological polar surface area (TPSA) is 98.7 Å². The molecule has 0 radical (unpaired) electrons. The van der Waals surface area contributed by atoms with E-state index >= 15 is 0 Å². The highest BCUT2D eigenvalue weighted by molar-refractivity contribution is 5.98. The molecule has 4 rings (SSSR count). The molecular formula is C22H23N3O4. The Hall–Kier alpha value is -3.35. The predicted octanol–water partition coefficient (Wildman–Crippen LogP) is 1.14. The number of phenolic OH excluding ortho intramolecular Hbond substituents is 1. The molecule has 3 atom stereocenters. The second-order valence-electron chi connectivity index (χ2n) is 7.71. The molecule has 3 amide bonds. The zero-order valence-electron chi connectivity index (χ0n) is 16.1. The maximum absolute atomic E-state index is 12.9. The van der Waals surface area contributed by atoms with Gasteiger partial charge in [0.15, 0.2) is 0 Å². The Morgan fingerprint density at radius 2 is 1.83 bits per heavy atom. The first-order valence-electron chi connectivity index (χ1n) is 9.67. The second kappa shape index (κ2) is 7.58. The largest absolute Gasteiger partial charge is 0.508 e. The van der Waals surface area contributed by atoms with Crippen LogP contribution in [-0.2, 0) is 16.0 Å². The van der Waals surface area contributed by atoms with Gasteiger partial charge in [-0.1, -0.05) is 29.8 Å². The molecule has 0 unspecified atom stereocenters. The summed E-state index contributed by atoms with van der Waals surface area (Å²) in [4.78, 5) is 39.5. The monoisotopic (exact) mass is 393 g/mol. The highest BCUT2D eigenvalue weighted by Gasteiger charge is 2.46. The molecule has 7 heteroatoms. The molecule has 150 valence electrons. The lowest BCUT2D eigenvalue weighted by atomic mass is 10.0. The fourth-order valence-corrected chi connectivity index (χ4v) is 3.94. The number of hydrogen-bond acceptors (Lipinski definition) is 4. The van der Waals surface area contributed by atoms with Crippen LogP contribution in [0.2, 0.25) is 0 Å². The van der Waals surface area contributed by atoms with Gasteiger partial charge in [0.05, 0.1) is 0 Å². The Balaban J connectivity index is 1.42. The lowest BCUT2D eigenvalue weighted by Gasteiger charge is -2.34. The van der Waals surface area contributed by atoms with Crippen molar-refractivity contribution in [3.8, 4) is 5.75 Å². The number of benzene rings is 2. The molecule has 2 saturated heterocycles. The van der Waals surface area contributed by atoms with Gasteiger partial charge >= 0.3 is 0 Å². The van der Waals surface area contributed by atoms with E-state index < -0.39 is 12.1 Å². The Labute approximate surface area is 168 Å². The number of aromatic hydroxyl groups is 1. The van der Waals surface area contributed by atoms with E-state index in [1.54, 1.807) is 41.3 Å². The fourth-order valence-electron chi connectivity index (χ4n) is 3.94. The first kappa shape index (κ1) is 19.0. The van der Waals surface area contributed by atoms with Gasteiger partial charge in [-0.2, -0.15) is 0 Å². The molecule has 3 N–H and O–H groups in total. The highest BCUT2D eigenvalue weighted by Crippen LogP contribution is 2.24. The van der Waals surface area contributed by atoms with E-state index in [4.69, 9.17) is 0 Å². The van der Waals surface area contributed by atoms with Gasteiger partial charge in [-0.25, -0.2) is 0 Å². The number of amides is 3. The number of piperazine rings is 1. The molecule has 2 fully saturated rings. The Morgan fingerprint density at radius 1 is 1.14 bits per heavy atom. The van der Waals surface area contributed by atoms with Crippen LogP contribution >= 0.6 is 0 Å². The van der Waals surface area contributed by atoms with E-state index in [0.29, 0.717) is 24.9 Å². The molecule has 2 aliphatic rings. The Morgan fingerprint density at radius 3 is 2.52 bits per heavy atom. The van der Waals surface area contributed by atoms with Crippen molar-refractivity contribution in [3.63, 3.8) is 0 Å². The number of nitrogens with zero attached hydrogens (tertiary/aromatic N) is 1. The van der Waals surface area contributed by atoms with Crippen molar-refractivity contribution in [1.29, 1.82) is 0 Å². The lowest BCUT2D eigenvalue weighted by molar-refractivity contribution is -0.147. The summed E-state index contributed by atoms with van der Waals surface area (Å²) in [5.41, 5.74) is 2.48. The fraction of sp³-hybridized carbons (Fsp3) is 0.318. The van der Waals surface area contributed by atoms with Gasteiger partial charge in [0, 0.05) is 24.6 Å². The average Bonchev–Trinajstić information content (AvgIpc) is 3.13. The molecule has 2 aromatic carbocycles. The van der Waals surface area contributed by atoms with E-state index in [2.05, 4.69) is 10.6 Å². The summed E-state index contributed by atoms with van der Waals surface area (Å²) < 4.78 is 0. The summed E-state index contributed by atoms with van der Waals surface area (Å²) >= 11 is 0. The second-order valence-corrected chi connectivity index (χ2v) is 7.71. The van der Waals surface area contributed by atoms with Gasteiger partial charge < -0.3 is 20.6 Å². The van der Waals surface area contributed by atoms with E-state index in [-0.39, 0.29) is 29.5 Å². The van der Waals surface area contributed by atoms with Crippen molar-refractivity contribution in [2.45, 2.75) is 37.9 Å². The van der Waals surface area contributed by atoms with Crippen molar-refractivity contribution in [3.05, 3.63) is 65.2 Å². The van der Waals surface area contributed by atoms with Crippen molar-refractivity contribution >= 4 is 17.7 Å². The Bertz CT molecular complexity index is 940. The number of hydrogen-bond donors (Lipinski definition) is 3. The van der Waals surface area contributed by atoms with Crippen LogP contribution in [0, 0.1) is 6.92 Å². The maximum Gasteiger partial charge on any atom is 0.251 e. The smallest absolute Gasteiger partial charge is 0.251 e. The van der Waals surface area contributed by atoms with E-state index in [0.717, 1.165) is 11.1 Å². The molecule has 2 aromatic rings. The summed E-state index contributed by atoms with van der Waals surface area (Å²) in [5, 5.41) is 15.1. The number of fused-ring (bicyclic) bond motifs is 1. The average molecular weight is 393 g/mol. The third kappa shape index (κ3) is 3.94. The van der Waals surface area contributed by atoms with Crippen LogP contribution in [0.25, 0.3) is 0 Å². The number of phenols is 1. The van der Waals surface area contributed by atoms with Crippen LogP contribution in [0.3, 0.4) is 0 Å². The first-order valence-corrected chi connectivity index (χ1v) is 9.67. The first-order chi connectivity index (χ1) is 13.9. The highest BCUT2D eigenvalue weighted by atomic mass is 16.3. The molecule has 2 aliphatic heterocycles. The van der Waals surface area contributed by atoms with Crippen LogP contribution in [0.4, 0.5) is 0 Å². The summed E-state index contributed by atoms with van der Waals surface area (Å²) in [7, 11) is 0. The zero-order valence-corrected chi connectivity index (χ0v) is 16.1. The third-order valence-corrected chi connectivity index (χ3v) is 5.53. The predicted molar refractivity (Wildman–Crippen MR) is 106 cm³/mol. The molecule has 0 spiro atoms. The number of carbonyl (C=O) groups excluding carboxylic acids is 3. The van der Waals surface area contributed by atoms with Crippen LogP contribution < -0.4 is 10.6 Å². The van der Waals surface area contributed by atoms with Gasteiger partial charge in [0.1, 0.15) is 17.8 Å². The maximum atomic E-state index is 12.9. The lowest BCUT2D eigenvalue weighted by Crippen LogP contribution is -2.61. The van der Waals surface area contributed by atoms with Crippen molar-refractivity contribution < 1.29 is 19.5 Å². The summed E-state index contributed by atoms with van der Waals surface area (Å²) in [6.45, 7) is 2.27. The molecule has 2 heterocycles.